The van der Waals surface area contributed by atoms with Gasteiger partial charge in [0.1, 0.15) is 17.5 Å². The Balaban J connectivity index is 1.77. The summed E-state index contributed by atoms with van der Waals surface area (Å²) in [6.07, 6.45) is 0.580. The molecule has 0 amide bonds. The van der Waals surface area contributed by atoms with Gasteiger partial charge in [-0.25, -0.2) is 0 Å². The SMILES string of the molecule is COC(=O)C(N)CCSCc1cc(-c2ccccc2)no1. The average molecular weight is 306 g/mol. The lowest BCUT2D eigenvalue weighted by molar-refractivity contribution is -0.142. The summed E-state index contributed by atoms with van der Waals surface area (Å²) < 4.78 is 9.88. The molecular weight excluding hydrogens is 288 g/mol. The van der Waals surface area contributed by atoms with Crippen molar-refractivity contribution in [2.75, 3.05) is 12.9 Å². The van der Waals surface area contributed by atoms with Crippen LogP contribution >= 0.6 is 11.8 Å². The van der Waals surface area contributed by atoms with E-state index in [0.717, 1.165) is 22.8 Å². The minimum atomic E-state index is -0.558. The van der Waals surface area contributed by atoms with Gasteiger partial charge in [0, 0.05) is 11.6 Å². The van der Waals surface area contributed by atoms with Gasteiger partial charge in [-0.3, -0.25) is 4.79 Å². The number of aromatic nitrogens is 1. The Morgan fingerprint density at radius 3 is 2.90 bits per heavy atom. The van der Waals surface area contributed by atoms with Crippen molar-refractivity contribution >= 4 is 17.7 Å². The van der Waals surface area contributed by atoms with Crippen LogP contribution in [0.4, 0.5) is 0 Å². The third-order valence-corrected chi connectivity index (χ3v) is 3.96. The molecule has 5 nitrogen and oxygen atoms in total. The van der Waals surface area contributed by atoms with Crippen molar-refractivity contribution in [3.05, 3.63) is 42.2 Å². The predicted molar refractivity (Wildman–Crippen MR) is 82.7 cm³/mol. The van der Waals surface area contributed by atoms with E-state index in [4.69, 9.17) is 10.3 Å². The second-order valence-electron chi connectivity index (χ2n) is 4.52. The van der Waals surface area contributed by atoms with Gasteiger partial charge in [-0.2, -0.15) is 11.8 Å². The quantitative estimate of drug-likeness (QED) is 0.625. The van der Waals surface area contributed by atoms with Gasteiger partial charge in [0.05, 0.1) is 12.9 Å². The lowest BCUT2D eigenvalue weighted by atomic mass is 10.1. The van der Waals surface area contributed by atoms with Gasteiger partial charge in [-0.1, -0.05) is 35.5 Å². The predicted octanol–water partition coefficient (Wildman–Crippen LogP) is 2.47. The number of benzene rings is 1. The number of carbonyl (C=O) groups excluding carboxylic acids is 1. The number of ether oxygens (including phenoxy) is 1. The molecule has 2 N–H and O–H groups in total. The fraction of sp³-hybridized carbons (Fsp3) is 0.333. The number of carbonyl (C=O) groups is 1. The first-order valence-corrected chi connectivity index (χ1v) is 7.78. The Kier molecular flexibility index (Phi) is 5.83. The zero-order valence-electron chi connectivity index (χ0n) is 11.8. The van der Waals surface area contributed by atoms with Crippen molar-refractivity contribution in [3.63, 3.8) is 0 Å². The normalized spacial score (nSPS) is 12.1. The van der Waals surface area contributed by atoms with Crippen LogP contribution in [0.25, 0.3) is 11.3 Å². The van der Waals surface area contributed by atoms with E-state index in [9.17, 15) is 4.79 Å². The van der Waals surface area contributed by atoms with E-state index in [2.05, 4.69) is 9.89 Å². The lowest BCUT2D eigenvalue weighted by Gasteiger charge is -2.07. The summed E-state index contributed by atoms with van der Waals surface area (Å²) in [5.74, 6) is 1.90. The highest BCUT2D eigenvalue weighted by Crippen LogP contribution is 2.21. The molecule has 0 radical (unpaired) electrons. The third kappa shape index (κ3) is 4.61. The fourth-order valence-electron chi connectivity index (χ4n) is 1.78. The molecule has 1 aromatic carbocycles. The molecule has 0 saturated carbocycles. The van der Waals surface area contributed by atoms with E-state index in [0.29, 0.717) is 12.2 Å². The van der Waals surface area contributed by atoms with E-state index in [1.165, 1.54) is 7.11 Å². The molecule has 0 aliphatic heterocycles. The largest absolute Gasteiger partial charge is 0.468 e. The maximum Gasteiger partial charge on any atom is 0.322 e. The van der Waals surface area contributed by atoms with Crippen LogP contribution in [-0.2, 0) is 15.3 Å². The van der Waals surface area contributed by atoms with Crippen LogP contribution in [0.5, 0.6) is 0 Å². The van der Waals surface area contributed by atoms with Crippen LogP contribution < -0.4 is 5.73 Å². The lowest BCUT2D eigenvalue weighted by Crippen LogP contribution is -2.31. The van der Waals surface area contributed by atoms with Crippen molar-refractivity contribution in [2.24, 2.45) is 5.73 Å². The summed E-state index contributed by atoms with van der Waals surface area (Å²) >= 11 is 1.65. The molecule has 1 heterocycles. The molecule has 0 bridgehead atoms. The third-order valence-electron chi connectivity index (χ3n) is 2.95. The number of esters is 1. The first-order chi connectivity index (χ1) is 10.2. The van der Waals surface area contributed by atoms with Crippen molar-refractivity contribution in [2.45, 2.75) is 18.2 Å². The molecular formula is C15H18N2O3S. The molecule has 0 fully saturated rings. The Morgan fingerprint density at radius 1 is 1.43 bits per heavy atom. The van der Waals surface area contributed by atoms with Crippen LogP contribution in [0.1, 0.15) is 12.2 Å². The van der Waals surface area contributed by atoms with Crippen LogP contribution in [0.2, 0.25) is 0 Å². The standard InChI is InChI=1S/C15H18N2O3S/c1-19-15(18)13(16)7-8-21-10-12-9-14(17-20-12)11-5-3-2-4-6-11/h2-6,9,13H,7-8,10,16H2,1H3. The van der Waals surface area contributed by atoms with Crippen LogP contribution in [0, 0.1) is 0 Å². The number of hydrogen-bond donors (Lipinski definition) is 1. The Labute approximate surface area is 127 Å². The van der Waals surface area contributed by atoms with Crippen LogP contribution in [0.3, 0.4) is 0 Å². The van der Waals surface area contributed by atoms with Crippen molar-refractivity contribution in [1.82, 2.24) is 5.16 Å². The Morgan fingerprint density at radius 2 is 2.19 bits per heavy atom. The Hall–Kier alpha value is -1.79. The van der Waals surface area contributed by atoms with Crippen molar-refractivity contribution in [3.8, 4) is 11.3 Å². The van der Waals surface area contributed by atoms with Gasteiger partial charge < -0.3 is 15.0 Å². The van der Waals surface area contributed by atoms with E-state index in [1.54, 1.807) is 11.8 Å². The number of nitrogens with two attached hydrogens (primary N) is 1. The molecule has 0 aliphatic rings. The highest BCUT2D eigenvalue weighted by Gasteiger charge is 2.13. The summed E-state index contributed by atoms with van der Waals surface area (Å²) in [5.41, 5.74) is 7.53. The molecule has 1 aromatic heterocycles. The zero-order valence-corrected chi connectivity index (χ0v) is 12.6. The summed E-state index contributed by atoms with van der Waals surface area (Å²) in [5, 5.41) is 4.05. The monoisotopic (exact) mass is 306 g/mol. The summed E-state index contributed by atoms with van der Waals surface area (Å²) in [7, 11) is 1.34. The highest BCUT2D eigenvalue weighted by molar-refractivity contribution is 7.98. The first-order valence-electron chi connectivity index (χ1n) is 6.63. The number of rotatable bonds is 7. The summed E-state index contributed by atoms with van der Waals surface area (Å²) in [6.45, 7) is 0. The smallest absolute Gasteiger partial charge is 0.322 e. The molecule has 0 spiro atoms. The molecule has 6 heteroatoms. The molecule has 2 rings (SSSR count). The number of thioether (sulfide) groups is 1. The highest BCUT2D eigenvalue weighted by atomic mass is 32.2. The van der Waals surface area contributed by atoms with Gasteiger partial charge in [-0.15, -0.1) is 0 Å². The van der Waals surface area contributed by atoms with Crippen LogP contribution in [0.15, 0.2) is 40.9 Å². The molecule has 2 aromatic rings. The summed E-state index contributed by atoms with van der Waals surface area (Å²) in [6, 6.07) is 11.2. The molecule has 112 valence electrons. The number of nitrogens with zero attached hydrogens (tertiary/aromatic N) is 1. The topological polar surface area (TPSA) is 78.4 Å². The second kappa shape index (κ2) is 7.85. The van der Waals surface area contributed by atoms with Gasteiger partial charge in [0.15, 0.2) is 0 Å². The van der Waals surface area contributed by atoms with Crippen molar-refractivity contribution in [1.29, 1.82) is 0 Å². The molecule has 0 aliphatic carbocycles. The van der Waals surface area contributed by atoms with Gasteiger partial charge in [0.25, 0.3) is 0 Å². The van der Waals surface area contributed by atoms with E-state index in [1.807, 2.05) is 36.4 Å². The van der Waals surface area contributed by atoms with Gasteiger partial charge in [0.2, 0.25) is 0 Å². The maximum atomic E-state index is 11.2. The van der Waals surface area contributed by atoms with E-state index in [-0.39, 0.29) is 5.97 Å². The minimum absolute atomic E-state index is 0.373. The molecule has 0 saturated heterocycles. The summed E-state index contributed by atoms with van der Waals surface area (Å²) in [4.78, 5) is 11.2. The minimum Gasteiger partial charge on any atom is -0.468 e. The maximum absolute atomic E-state index is 11.2. The van der Waals surface area contributed by atoms with E-state index >= 15 is 0 Å². The average Bonchev–Trinajstić information content (AvgIpc) is 3.00. The molecule has 1 atom stereocenters. The fourth-order valence-corrected chi connectivity index (χ4v) is 2.68. The first kappa shape index (κ1) is 15.6. The Bertz CT molecular complexity index is 571. The van der Waals surface area contributed by atoms with Crippen LogP contribution in [-0.4, -0.2) is 30.0 Å². The van der Waals surface area contributed by atoms with Gasteiger partial charge in [-0.05, 0) is 12.2 Å². The zero-order chi connectivity index (χ0) is 15.1. The second-order valence-corrected chi connectivity index (χ2v) is 5.62. The number of hydrogen-bond acceptors (Lipinski definition) is 6. The number of methoxy groups -OCH3 is 1. The van der Waals surface area contributed by atoms with E-state index < -0.39 is 6.04 Å². The molecule has 21 heavy (non-hydrogen) atoms. The molecule has 1 unspecified atom stereocenters. The van der Waals surface area contributed by atoms with Crippen molar-refractivity contribution < 1.29 is 14.1 Å². The van der Waals surface area contributed by atoms with Gasteiger partial charge >= 0.3 is 5.97 Å².